The minimum atomic E-state index is -0.182. The molecule has 0 amide bonds. The molecule has 0 spiro atoms. The van der Waals surface area contributed by atoms with Gasteiger partial charge in [-0.3, -0.25) is 4.79 Å². The van der Waals surface area contributed by atoms with Gasteiger partial charge in [0.05, 0.1) is 12.4 Å². The van der Waals surface area contributed by atoms with Crippen LogP contribution in [0.4, 0.5) is 5.82 Å². The number of ether oxygens (including phenoxy) is 1. The number of rotatable bonds is 6. The van der Waals surface area contributed by atoms with E-state index in [-0.39, 0.29) is 5.97 Å². The van der Waals surface area contributed by atoms with Gasteiger partial charge in [0.25, 0.3) is 0 Å². The van der Waals surface area contributed by atoms with Gasteiger partial charge in [0.15, 0.2) is 0 Å². The molecule has 0 aliphatic heterocycles. The number of hydrogen-bond donors (Lipinski definition) is 2. The maximum atomic E-state index is 11.1. The first kappa shape index (κ1) is 12.8. The van der Waals surface area contributed by atoms with Gasteiger partial charge < -0.3 is 10.2 Å². The summed E-state index contributed by atoms with van der Waals surface area (Å²) in [5.41, 5.74) is 3.54. The fraction of sp³-hybridized carbons (Fsp3) is 0.400. The maximum Gasteiger partial charge on any atom is 0.315 e. The van der Waals surface area contributed by atoms with Crippen LogP contribution in [0.3, 0.4) is 0 Å². The van der Waals surface area contributed by atoms with Crippen LogP contribution in [0.1, 0.15) is 12.5 Å². The maximum absolute atomic E-state index is 11.1. The van der Waals surface area contributed by atoms with Gasteiger partial charge in [-0.2, -0.15) is 0 Å². The Labute approximate surface area is 98.7 Å². The lowest BCUT2D eigenvalue weighted by Gasteiger charge is -2.04. The Hall–Kier alpha value is -1.27. The van der Waals surface area contributed by atoms with Crippen molar-refractivity contribution in [1.29, 1.82) is 0 Å². The van der Waals surface area contributed by atoms with Crippen LogP contribution in [0.15, 0.2) is 18.3 Å². The second-order valence-corrected chi connectivity index (χ2v) is 3.98. The third kappa shape index (κ3) is 4.50. The van der Waals surface area contributed by atoms with Gasteiger partial charge in [-0.05, 0) is 24.6 Å². The highest BCUT2D eigenvalue weighted by atomic mass is 32.2. The summed E-state index contributed by atoms with van der Waals surface area (Å²) in [6, 6.07) is 3.73. The van der Waals surface area contributed by atoms with Crippen molar-refractivity contribution in [2.75, 3.05) is 17.8 Å². The minimum Gasteiger partial charge on any atom is -0.465 e. The number of nitrogens with zero attached hydrogens (tertiary/aromatic N) is 1. The van der Waals surface area contributed by atoms with Gasteiger partial charge in [-0.25, -0.2) is 10.8 Å². The third-order valence-corrected chi connectivity index (χ3v) is 2.74. The molecule has 16 heavy (non-hydrogen) atoms. The number of nitrogen functional groups attached to an aromatic ring is 1. The van der Waals surface area contributed by atoms with Gasteiger partial charge >= 0.3 is 5.97 Å². The molecule has 0 saturated heterocycles. The SMILES string of the molecule is CCOC(=O)CSCc1ccnc(NN)c1. The van der Waals surface area contributed by atoms with Crippen molar-refractivity contribution < 1.29 is 9.53 Å². The van der Waals surface area contributed by atoms with E-state index in [4.69, 9.17) is 10.6 Å². The molecule has 0 atom stereocenters. The van der Waals surface area contributed by atoms with E-state index in [1.165, 1.54) is 11.8 Å². The van der Waals surface area contributed by atoms with Gasteiger partial charge in [0, 0.05) is 11.9 Å². The molecular weight excluding hydrogens is 226 g/mol. The molecule has 0 saturated carbocycles. The molecule has 0 aliphatic rings. The summed E-state index contributed by atoms with van der Waals surface area (Å²) in [5, 5.41) is 0. The lowest BCUT2D eigenvalue weighted by molar-refractivity contribution is -0.139. The molecule has 0 bridgehead atoms. The zero-order chi connectivity index (χ0) is 11.8. The average Bonchev–Trinajstić information content (AvgIpc) is 2.30. The quantitative estimate of drug-likeness (QED) is 0.442. The number of nitrogens with one attached hydrogen (secondary N) is 1. The van der Waals surface area contributed by atoms with Crippen molar-refractivity contribution in [3.05, 3.63) is 23.9 Å². The lowest BCUT2D eigenvalue weighted by atomic mass is 10.3. The average molecular weight is 241 g/mol. The predicted molar refractivity (Wildman–Crippen MR) is 64.8 cm³/mol. The Bertz CT molecular complexity index is 347. The Balaban J connectivity index is 2.34. The molecule has 1 rings (SSSR count). The molecule has 0 aliphatic carbocycles. The van der Waals surface area contributed by atoms with Crippen LogP contribution >= 0.6 is 11.8 Å². The van der Waals surface area contributed by atoms with Crippen molar-refractivity contribution in [1.82, 2.24) is 4.98 Å². The highest BCUT2D eigenvalue weighted by Crippen LogP contribution is 2.14. The summed E-state index contributed by atoms with van der Waals surface area (Å²) >= 11 is 1.50. The predicted octanol–water partition coefficient (Wildman–Crippen LogP) is 1.16. The number of pyridine rings is 1. The number of carbonyl (C=O) groups is 1. The van der Waals surface area contributed by atoms with Crippen LogP contribution in [0.2, 0.25) is 0 Å². The lowest BCUT2D eigenvalue weighted by Crippen LogP contribution is -2.09. The van der Waals surface area contributed by atoms with E-state index < -0.39 is 0 Å². The van der Waals surface area contributed by atoms with Crippen LogP contribution in [-0.2, 0) is 15.3 Å². The fourth-order valence-corrected chi connectivity index (χ4v) is 1.87. The molecule has 1 heterocycles. The molecule has 6 heteroatoms. The summed E-state index contributed by atoms with van der Waals surface area (Å²) in [5.74, 6) is 6.77. The van der Waals surface area contributed by atoms with Crippen molar-refractivity contribution in [2.24, 2.45) is 5.84 Å². The van der Waals surface area contributed by atoms with Crippen molar-refractivity contribution in [3.63, 3.8) is 0 Å². The second kappa shape index (κ2) is 7.08. The van der Waals surface area contributed by atoms with Crippen molar-refractivity contribution in [2.45, 2.75) is 12.7 Å². The van der Waals surface area contributed by atoms with Gasteiger partial charge in [-0.15, -0.1) is 11.8 Å². The van der Waals surface area contributed by atoms with Crippen LogP contribution in [0.5, 0.6) is 0 Å². The Morgan fingerprint density at radius 2 is 2.50 bits per heavy atom. The normalized spacial score (nSPS) is 9.88. The first-order valence-corrected chi connectivity index (χ1v) is 6.06. The molecular formula is C10H15N3O2S. The Morgan fingerprint density at radius 3 is 3.19 bits per heavy atom. The molecule has 5 nitrogen and oxygen atoms in total. The van der Waals surface area contributed by atoms with E-state index in [1.54, 1.807) is 13.1 Å². The van der Waals surface area contributed by atoms with Gasteiger partial charge in [-0.1, -0.05) is 0 Å². The zero-order valence-corrected chi connectivity index (χ0v) is 9.92. The largest absolute Gasteiger partial charge is 0.465 e. The summed E-state index contributed by atoms with van der Waals surface area (Å²) < 4.78 is 4.82. The van der Waals surface area contributed by atoms with Crippen molar-refractivity contribution >= 4 is 23.5 Å². The number of anilines is 1. The zero-order valence-electron chi connectivity index (χ0n) is 9.10. The van der Waals surface area contributed by atoms with E-state index in [0.29, 0.717) is 18.2 Å². The summed E-state index contributed by atoms with van der Waals surface area (Å²) in [7, 11) is 0. The molecule has 1 aromatic heterocycles. The molecule has 3 N–H and O–H groups in total. The van der Waals surface area contributed by atoms with E-state index in [2.05, 4.69) is 10.4 Å². The first-order valence-electron chi connectivity index (χ1n) is 4.91. The number of aromatic nitrogens is 1. The third-order valence-electron chi connectivity index (χ3n) is 1.77. The van der Waals surface area contributed by atoms with Crippen LogP contribution < -0.4 is 11.3 Å². The second-order valence-electron chi connectivity index (χ2n) is 2.99. The molecule has 0 fully saturated rings. The molecule has 88 valence electrons. The van der Waals surface area contributed by atoms with Gasteiger partial charge in [0.1, 0.15) is 5.82 Å². The Morgan fingerprint density at radius 1 is 1.69 bits per heavy atom. The number of hydrogen-bond acceptors (Lipinski definition) is 6. The topological polar surface area (TPSA) is 77.2 Å². The monoisotopic (exact) mass is 241 g/mol. The number of esters is 1. The highest BCUT2D eigenvalue weighted by Gasteiger charge is 2.02. The number of thioether (sulfide) groups is 1. The van der Waals surface area contributed by atoms with E-state index in [0.717, 1.165) is 11.3 Å². The highest BCUT2D eigenvalue weighted by molar-refractivity contribution is 7.99. The van der Waals surface area contributed by atoms with Crippen LogP contribution in [0.25, 0.3) is 0 Å². The fourth-order valence-electron chi connectivity index (χ4n) is 1.10. The first-order chi connectivity index (χ1) is 7.76. The number of hydrazine groups is 1. The van der Waals surface area contributed by atoms with E-state index in [1.807, 2.05) is 12.1 Å². The standard InChI is InChI=1S/C10H15N3O2S/c1-2-15-10(14)7-16-6-8-3-4-12-9(5-8)13-11/h3-5H,2,6-7,11H2,1H3,(H,12,13). The van der Waals surface area contributed by atoms with Crippen LogP contribution in [0, 0.1) is 0 Å². The smallest absolute Gasteiger partial charge is 0.315 e. The van der Waals surface area contributed by atoms with E-state index in [9.17, 15) is 4.79 Å². The van der Waals surface area contributed by atoms with E-state index >= 15 is 0 Å². The minimum absolute atomic E-state index is 0.182. The number of carbonyl (C=O) groups excluding carboxylic acids is 1. The molecule has 1 aromatic rings. The summed E-state index contributed by atoms with van der Waals surface area (Å²) in [4.78, 5) is 15.1. The summed E-state index contributed by atoms with van der Waals surface area (Å²) in [6.45, 7) is 2.22. The van der Waals surface area contributed by atoms with Crippen LogP contribution in [-0.4, -0.2) is 23.3 Å². The van der Waals surface area contributed by atoms with Crippen molar-refractivity contribution in [3.8, 4) is 0 Å². The molecule has 0 radical (unpaired) electrons. The summed E-state index contributed by atoms with van der Waals surface area (Å²) in [6.07, 6.45) is 1.68. The Kier molecular flexibility index (Phi) is 5.66. The number of nitrogens with two attached hydrogens (primary N) is 1. The van der Waals surface area contributed by atoms with Gasteiger partial charge in [0.2, 0.25) is 0 Å². The molecule has 0 aromatic carbocycles. The molecule has 0 unspecified atom stereocenters.